The number of benzene rings is 3. The molecule has 1 aliphatic heterocycles. The summed E-state index contributed by atoms with van der Waals surface area (Å²) in [4.78, 5) is 15.2. The summed E-state index contributed by atoms with van der Waals surface area (Å²) < 4.78 is 11.9. The second-order valence-electron chi connectivity index (χ2n) is 10.5. The molecule has 3 atom stereocenters. The van der Waals surface area contributed by atoms with E-state index in [0.29, 0.717) is 24.8 Å². The van der Waals surface area contributed by atoms with Gasteiger partial charge in [-0.2, -0.15) is 0 Å². The Bertz CT molecular complexity index is 1230. The molecule has 2 bridgehead atoms. The first kappa shape index (κ1) is 23.0. The Morgan fingerprint density at radius 1 is 0.944 bits per heavy atom. The Hall–Kier alpha value is -3.47. The van der Waals surface area contributed by atoms with Gasteiger partial charge in [0.25, 0.3) is 0 Å². The van der Waals surface area contributed by atoms with E-state index in [1.165, 1.54) is 18.4 Å². The first-order valence-corrected chi connectivity index (χ1v) is 13.1. The van der Waals surface area contributed by atoms with Crippen molar-refractivity contribution < 1.29 is 19.4 Å². The van der Waals surface area contributed by atoms with Crippen LogP contribution in [0.4, 0.5) is 4.79 Å². The summed E-state index contributed by atoms with van der Waals surface area (Å²) in [6, 6.07) is 24.0. The molecule has 1 saturated heterocycles. The van der Waals surface area contributed by atoms with E-state index in [4.69, 9.17) is 9.47 Å². The van der Waals surface area contributed by atoms with Crippen LogP contribution < -0.4 is 4.74 Å². The van der Waals surface area contributed by atoms with E-state index in [-0.39, 0.29) is 29.9 Å². The minimum atomic E-state index is -0.224. The van der Waals surface area contributed by atoms with Crippen molar-refractivity contribution >= 4 is 6.09 Å². The topological polar surface area (TPSA) is 59.0 Å². The fraction of sp³-hybridized carbons (Fsp3) is 0.387. The number of fused-ring (bicyclic) bond motifs is 1. The summed E-state index contributed by atoms with van der Waals surface area (Å²) in [7, 11) is 0. The lowest BCUT2D eigenvalue weighted by atomic mass is 9.52. The van der Waals surface area contributed by atoms with E-state index >= 15 is 0 Å². The number of phenolic OH excluding ortho intramolecular Hbond substituents is 1. The third kappa shape index (κ3) is 4.11. The Balaban J connectivity index is 1.26. The molecule has 5 nitrogen and oxygen atoms in total. The van der Waals surface area contributed by atoms with Gasteiger partial charge in [-0.3, -0.25) is 0 Å². The predicted molar refractivity (Wildman–Crippen MR) is 138 cm³/mol. The van der Waals surface area contributed by atoms with Crippen molar-refractivity contribution in [2.75, 3.05) is 6.54 Å². The second-order valence-corrected chi connectivity index (χ2v) is 10.5. The summed E-state index contributed by atoms with van der Waals surface area (Å²) in [6.45, 7) is 1.42. The van der Waals surface area contributed by atoms with E-state index in [2.05, 4.69) is 6.07 Å². The number of aromatic hydroxyl groups is 1. The summed E-state index contributed by atoms with van der Waals surface area (Å²) >= 11 is 0. The van der Waals surface area contributed by atoms with E-state index in [0.717, 1.165) is 42.4 Å². The van der Waals surface area contributed by atoms with Gasteiger partial charge in [0, 0.05) is 18.0 Å². The Morgan fingerprint density at radius 3 is 2.42 bits per heavy atom. The van der Waals surface area contributed by atoms with Crippen LogP contribution in [0.3, 0.4) is 0 Å². The van der Waals surface area contributed by atoms with Crippen LogP contribution in [0.25, 0.3) is 0 Å². The number of carbonyl (C=O) groups is 1. The molecule has 186 valence electrons. The highest BCUT2D eigenvalue weighted by Crippen LogP contribution is 2.57. The van der Waals surface area contributed by atoms with Crippen LogP contribution >= 0.6 is 0 Å². The van der Waals surface area contributed by atoms with Gasteiger partial charge in [-0.05, 0) is 66.0 Å². The third-order valence-electron chi connectivity index (χ3n) is 8.59. The molecule has 3 aromatic rings. The number of rotatable bonds is 5. The molecule has 5 heteroatoms. The van der Waals surface area contributed by atoms with Crippen molar-refractivity contribution in [3.63, 3.8) is 0 Å². The summed E-state index contributed by atoms with van der Waals surface area (Å²) in [6.07, 6.45) is 6.07. The highest BCUT2D eigenvalue weighted by atomic mass is 16.6. The predicted octanol–water partition coefficient (Wildman–Crippen LogP) is 6.37. The van der Waals surface area contributed by atoms with Crippen LogP contribution in [0.1, 0.15) is 54.4 Å². The number of phenols is 1. The van der Waals surface area contributed by atoms with E-state index in [1.54, 1.807) is 0 Å². The fourth-order valence-electron chi connectivity index (χ4n) is 6.91. The lowest BCUT2D eigenvalue weighted by Gasteiger charge is -2.58. The molecule has 1 unspecified atom stereocenters. The minimum absolute atomic E-state index is 0.0330. The van der Waals surface area contributed by atoms with Gasteiger partial charge in [0.05, 0.1) is 0 Å². The van der Waals surface area contributed by atoms with Crippen molar-refractivity contribution in [2.45, 2.75) is 63.2 Å². The molecule has 1 N–H and O–H groups in total. The number of ether oxygens (including phenoxy) is 2. The second kappa shape index (κ2) is 9.53. The minimum Gasteiger partial charge on any atom is -0.504 e. The monoisotopic (exact) mass is 483 g/mol. The van der Waals surface area contributed by atoms with Crippen LogP contribution in [0, 0.1) is 5.92 Å². The van der Waals surface area contributed by atoms with Crippen LogP contribution in [-0.2, 0) is 29.8 Å². The molecule has 0 spiro atoms. The molecule has 0 aromatic heterocycles. The highest BCUT2D eigenvalue weighted by Gasteiger charge is 2.55. The number of piperidine rings is 1. The number of hydrogen-bond acceptors (Lipinski definition) is 4. The maximum absolute atomic E-state index is 13.2. The quantitative estimate of drug-likeness (QED) is 0.458. The van der Waals surface area contributed by atoms with Gasteiger partial charge in [0.2, 0.25) is 0 Å². The molecular weight excluding hydrogens is 450 g/mol. The number of hydrogen-bond donors (Lipinski definition) is 1. The average Bonchev–Trinajstić information content (AvgIpc) is 2.92. The van der Waals surface area contributed by atoms with Crippen molar-refractivity contribution in [2.24, 2.45) is 5.92 Å². The SMILES string of the molecule is O=C(OCc1ccccc1)N1CC[C@@]23CCCCC2[C@@H]1Cc1cc(O)c(OCc2ccccc2)cc13. The maximum atomic E-state index is 13.2. The zero-order valence-corrected chi connectivity index (χ0v) is 20.6. The van der Waals surface area contributed by atoms with Gasteiger partial charge in [-0.25, -0.2) is 4.79 Å². The molecule has 2 fully saturated rings. The number of carbonyl (C=O) groups excluding carboxylic acids is 1. The summed E-state index contributed by atoms with van der Waals surface area (Å²) in [5.41, 5.74) is 4.57. The molecule has 36 heavy (non-hydrogen) atoms. The van der Waals surface area contributed by atoms with Gasteiger partial charge in [-0.1, -0.05) is 73.5 Å². The Morgan fingerprint density at radius 2 is 1.67 bits per heavy atom. The number of likely N-dealkylation sites (tertiary alicyclic amines) is 1. The molecule has 2 aliphatic carbocycles. The van der Waals surface area contributed by atoms with Crippen molar-refractivity contribution in [3.8, 4) is 11.5 Å². The molecule has 3 aliphatic rings. The van der Waals surface area contributed by atoms with Crippen molar-refractivity contribution in [1.29, 1.82) is 0 Å². The maximum Gasteiger partial charge on any atom is 0.410 e. The van der Waals surface area contributed by atoms with Crippen LogP contribution in [0.15, 0.2) is 72.8 Å². The van der Waals surface area contributed by atoms with Crippen LogP contribution in [-0.4, -0.2) is 28.7 Å². The molecule has 1 amide bonds. The molecule has 3 aromatic carbocycles. The van der Waals surface area contributed by atoms with E-state index in [9.17, 15) is 9.90 Å². The zero-order chi connectivity index (χ0) is 24.5. The zero-order valence-electron chi connectivity index (χ0n) is 20.6. The van der Waals surface area contributed by atoms with Gasteiger partial charge in [0.1, 0.15) is 13.2 Å². The molecule has 1 saturated carbocycles. The van der Waals surface area contributed by atoms with Gasteiger partial charge in [0.15, 0.2) is 11.5 Å². The van der Waals surface area contributed by atoms with Crippen LogP contribution in [0.5, 0.6) is 11.5 Å². The molecule has 1 heterocycles. The van der Waals surface area contributed by atoms with Gasteiger partial charge >= 0.3 is 6.09 Å². The fourth-order valence-corrected chi connectivity index (χ4v) is 6.91. The van der Waals surface area contributed by atoms with E-state index in [1.807, 2.05) is 71.6 Å². The van der Waals surface area contributed by atoms with Gasteiger partial charge < -0.3 is 19.5 Å². The van der Waals surface area contributed by atoms with E-state index < -0.39 is 0 Å². The number of nitrogens with zero attached hydrogens (tertiary/aromatic N) is 1. The Kier molecular flexibility index (Phi) is 6.08. The largest absolute Gasteiger partial charge is 0.504 e. The smallest absolute Gasteiger partial charge is 0.410 e. The summed E-state index contributed by atoms with van der Waals surface area (Å²) in [5, 5.41) is 10.9. The molecule has 6 rings (SSSR count). The molecule has 0 radical (unpaired) electrons. The van der Waals surface area contributed by atoms with Crippen molar-refractivity contribution in [1.82, 2.24) is 4.90 Å². The lowest BCUT2D eigenvalue weighted by molar-refractivity contribution is -0.0138. The Labute approximate surface area is 212 Å². The van der Waals surface area contributed by atoms with Gasteiger partial charge in [-0.15, -0.1) is 0 Å². The first-order valence-electron chi connectivity index (χ1n) is 13.1. The highest BCUT2D eigenvalue weighted by molar-refractivity contribution is 5.69. The summed E-state index contributed by atoms with van der Waals surface area (Å²) in [5.74, 6) is 1.13. The normalized spacial score (nSPS) is 24.4. The van der Waals surface area contributed by atoms with Crippen LogP contribution in [0.2, 0.25) is 0 Å². The average molecular weight is 484 g/mol. The first-order chi connectivity index (χ1) is 17.6. The lowest BCUT2D eigenvalue weighted by Crippen LogP contribution is -2.62. The van der Waals surface area contributed by atoms with Crippen molar-refractivity contribution in [3.05, 3.63) is 95.1 Å². The third-order valence-corrected chi connectivity index (χ3v) is 8.59. The standard InChI is InChI=1S/C31H33NO4/c33-28-18-24-17-27-25-13-7-8-14-31(25,26(24)19-29(28)35-20-22-9-3-1-4-10-22)15-16-32(27)30(34)36-21-23-11-5-2-6-12-23/h1-6,9-12,18-19,25,27,33H,7-8,13-17,20-21H2/t25?,27-,31-/m0/s1. The number of amides is 1. The molecular formula is C31H33NO4.